The van der Waals surface area contributed by atoms with Crippen LogP contribution in [0.3, 0.4) is 0 Å². The van der Waals surface area contributed by atoms with Crippen LogP contribution in [0.4, 0.5) is 0 Å². The van der Waals surface area contributed by atoms with E-state index in [0.29, 0.717) is 11.8 Å². The van der Waals surface area contributed by atoms with Gasteiger partial charge in [0.15, 0.2) is 6.29 Å². The Morgan fingerprint density at radius 3 is 2.77 bits per heavy atom. The van der Waals surface area contributed by atoms with Crippen molar-refractivity contribution in [2.45, 2.75) is 0 Å². The molecule has 13 heavy (non-hydrogen) atoms. The molecule has 0 unspecified atom stereocenters. The van der Waals surface area contributed by atoms with Crippen LogP contribution in [-0.4, -0.2) is 18.9 Å². The second-order valence-corrected chi connectivity index (χ2v) is 2.32. The Kier molecular flexibility index (Phi) is 3.03. The number of aldehydes is 1. The van der Waals surface area contributed by atoms with Gasteiger partial charge in [-0.2, -0.15) is 0 Å². The third-order valence-corrected chi connectivity index (χ3v) is 1.39. The maximum Gasteiger partial charge on any atom is 0.153 e. The van der Waals surface area contributed by atoms with Crippen LogP contribution in [-0.2, 0) is 4.79 Å². The number of hydrogen-bond donors (Lipinski definition) is 0. The van der Waals surface area contributed by atoms with Gasteiger partial charge in [0.25, 0.3) is 0 Å². The molecule has 1 aromatic carbocycles. The van der Waals surface area contributed by atoms with E-state index in [1.165, 1.54) is 12.1 Å². The number of carboxylic acids is 1. The van der Waals surface area contributed by atoms with Crippen LogP contribution >= 0.6 is 0 Å². The van der Waals surface area contributed by atoms with Crippen molar-refractivity contribution in [1.29, 1.82) is 0 Å². The summed E-state index contributed by atoms with van der Waals surface area (Å²) in [5.74, 6) is -1.07. The largest absolute Gasteiger partial charge is 0.546 e. The van der Waals surface area contributed by atoms with Gasteiger partial charge in [-0.15, -0.1) is 0 Å². The molecule has 4 nitrogen and oxygen atoms in total. The van der Waals surface area contributed by atoms with E-state index in [1.807, 2.05) is 0 Å². The lowest BCUT2D eigenvalue weighted by molar-refractivity contribution is -0.307. The summed E-state index contributed by atoms with van der Waals surface area (Å²) in [7, 11) is 0. The molecule has 68 valence electrons. The third kappa shape index (κ3) is 2.59. The molecule has 0 spiro atoms. The number of aliphatic carboxylic acids is 1. The molecule has 0 saturated heterocycles. The van der Waals surface area contributed by atoms with Crippen molar-refractivity contribution in [3.63, 3.8) is 0 Å². The number of benzene rings is 1. The minimum Gasteiger partial charge on any atom is -0.546 e. The minimum atomic E-state index is -1.32. The number of ether oxygens (including phenoxy) is 1. The van der Waals surface area contributed by atoms with Crippen molar-refractivity contribution in [2.75, 3.05) is 6.61 Å². The monoisotopic (exact) mass is 179 g/mol. The average Bonchev–Trinajstić information content (AvgIpc) is 2.15. The maximum absolute atomic E-state index is 10.4. The predicted octanol–water partition coefficient (Wildman–Crippen LogP) is -0.372. The first-order valence-corrected chi connectivity index (χ1v) is 3.61. The summed E-state index contributed by atoms with van der Waals surface area (Å²) in [6.07, 6.45) is 0.602. The van der Waals surface area contributed by atoms with Crippen molar-refractivity contribution < 1.29 is 19.4 Å². The van der Waals surface area contributed by atoms with Gasteiger partial charge in [-0.05, 0) is 12.1 Å². The zero-order chi connectivity index (χ0) is 9.68. The van der Waals surface area contributed by atoms with Gasteiger partial charge >= 0.3 is 0 Å². The lowest BCUT2D eigenvalue weighted by Crippen LogP contribution is -2.29. The fourth-order valence-electron chi connectivity index (χ4n) is 0.846. The van der Waals surface area contributed by atoms with Crippen LogP contribution in [0.25, 0.3) is 0 Å². The van der Waals surface area contributed by atoms with Gasteiger partial charge in [-0.1, -0.05) is 12.1 Å². The second kappa shape index (κ2) is 4.25. The lowest BCUT2D eigenvalue weighted by Gasteiger charge is -2.07. The van der Waals surface area contributed by atoms with Crippen molar-refractivity contribution in [3.8, 4) is 5.75 Å². The molecule has 0 aliphatic heterocycles. The Bertz CT molecular complexity index is 319. The highest BCUT2D eigenvalue weighted by Crippen LogP contribution is 2.14. The standard InChI is InChI=1S/C9H8O4/c10-5-7-3-1-2-4-8(7)13-6-9(11)12/h1-5H,6H2,(H,11,12)/p-1. The van der Waals surface area contributed by atoms with Crippen molar-refractivity contribution >= 4 is 12.3 Å². The van der Waals surface area contributed by atoms with Crippen LogP contribution in [0.5, 0.6) is 5.75 Å². The van der Waals surface area contributed by atoms with E-state index in [0.717, 1.165) is 0 Å². The van der Waals surface area contributed by atoms with Crippen LogP contribution in [0.1, 0.15) is 10.4 Å². The van der Waals surface area contributed by atoms with E-state index in [9.17, 15) is 14.7 Å². The summed E-state index contributed by atoms with van der Waals surface area (Å²) in [6.45, 7) is -0.551. The summed E-state index contributed by atoms with van der Waals surface area (Å²) < 4.78 is 4.80. The van der Waals surface area contributed by atoms with E-state index >= 15 is 0 Å². The number of carbonyl (C=O) groups excluding carboxylic acids is 2. The summed E-state index contributed by atoms with van der Waals surface area (Å²) in [5, 5.41) is 10.0. The van der Waals surface area contributed by atoms with Gasteiger partial charge in [0.05, 0.1) is 11.5 Å². The van der Waals surface area contributed by atoms with Crippen LogP contribution in [0.15, 0.2) is 24.3 Å². The summed E-state index contributed by atoms with van der Waals surface area (Å²) in [4.78, 5) is 20.5. The molecule has 0 fully saturated rings. The second-order valence-electron chi connectivity index (χ2n) is 2.32. The first-order valence-electron chi connectivity index (χ1n) is 3.61. The van der Waals surface area contributed by atoms with Gasteiger partial charge in [-0.25, -0.2) is 0 Å². The third-order valence-electron chi connectivity index (χ3n) is 1.39. The van der Waals surface area contributed by atoms with E-state index in [2.05, 4.69) is 0 Å². The fraction of sp³-hybridized carbons (Fsp3) is 0.111. The molecule has 0 N–H and O–H groups in total. The number of hydrogen-bond acceptors (Lipinski definition) is 4. The molecule has 1 rings (SSSR count). The molecule has 0 aliphatic carbocycles. The fourth-order valence-corrected chi connectivity index (χ4v) is 0.846. The Morgan fingerprint density at radius 2 is 2.15 bits per heavy atom. The van der Waals surface area contributed by atoms with Crippen molar-refractivity contribution in [1.82, 2.24) is 0 Å². The highest BCUT2D eigenvalue weighted by atomic mass is 16.5. The van der Waals surface area contributed by atoms with E-state index in [4.69, 9.17) is 4.74 Å². The molecule has 0 amide bonds. The Morgan fingerprint density at radius 1 is 1.46 bits per heavy atom. The summed E-state index contributed by atoms with van der Waals surface area (Å²) in [5.41, 5.74) is 0.323. The van der Waals surface area contributed by atoms with E-state index in [-0.39, 0.29) is 5.75 Å². The normalized spacial score (nSPS) is 9.23. The smallest absolute Gasteiger partial charge is 0.153 e. The van der Waals surface area contributed by atoms with Gasteiger partial charge in [0, 0.05) is 0 Å². The van der Waals surface area contributed by atoms with Crippen molar-refractivity contribution in [2.24, 2.45) is 0 Å². The highest BCUT2D eigenvalue weighted by molar-refractivity contribution is 5.79. The van der Waals surface area contributed by atoms with Crippen LogP contribution < -0.4 is 9.84 Å². The van der Waals surface area contributed by atoms with Crippen molar-refractivity contribution in [3.05, 3.63) is 29.8 Å². The quantitative estimate of drug-likeness (QED) is 0.591. The topological polar surface area (TPSA) is 66.4 Å². The zero-order valence-corrected chi connectivity index (χ0v) is 6.73. The van der Waals surface area contributed by atoms with Gasteiger partial charge < -0.3 is 14.6 Å². The molecule has 0 aliphatic rings. The Hall–Kier alpha value is -1.84. The number of rotatable bonds is 4. The minimum absolute atomic E-state index is 0.252. The lowest BCUT2D eigenvalue weighted by atomic mass is 10.2. The summed E-state index contributed by atoms with van der Waals surface area (Å²) >= 11 is 0. The number of carbonyl (C=O) groups is 2. The van der Waals surface area contributed by atoms with Gasteiger partial charge in [0.1, 0.15) is 12.4 Å². The summed E-state index contributed by atoms with van der Waals surface area (Å²) in [6, 6.07) is 6.37. The van der Waals surface area contributed by atoms with E-state index in [1.54, 1.807) is 12.1 Å². The molecular formula is C9H7O4-. The molecule has 4 heteroatoms. The molecule has 0 aromatic heterocycles. The molecule has 0 bridgehead atoms. The molecular weight excluding hydrogens is 172 g/mol. The van der Waals surface area contributed by atoms with Gasteiger partial charge in [0.2, 0.25) is 0 Å². The highest BCUT2D eigenvalue weighted by Gasteiger charge is 2.00. The molecule has 0 saturated carbocycles. The van der Waals surface area contributed by atoms with Crippen LogP contribution in [0.2, 0.25) is 0 Å². The van der Waals surface area contributed by atoms with E-state index < -0.39 is 12.6 Å². The maximum atomic E-state index is 10.4. The predicted molar refractivity (Wildman–Crippen MR) is 42.3 cm³/mol. The molecule has 1 aromatic rings. The number of carboxylic acid groups (broad SMARTS) is 1. The first-order chi connectivity index (χ1) is 6.24. The SMILES string of the molecule is O=Cc1ccccc1OCC(=O)[O-]. The van der Waals surface area contributed by atoms with Crippen LogP contribution in [0, 0.1) is 0 Å². The first kappa shape index (κ1) is 9.25. The average molecular weight is 179 g/mol. The molecule has 0 atom stereocenters. The Labute approximate surface area is 74.8 Å². The Balaban J connectivity index is 2.75. The molecule has 0 radical (unpaired) electrons. The zero-order valence-electron chi connectivity index (χ0n) is 6.73. The number of para-hydroxylation sites is 1. The molecule has 0 heterocycles. The van der Waals surface area contributed by atoms with Gasteiger partial charge in [-0.3, -0.25) is 4.79 Å².